The van der Waals surface area contributed by atoms with Crippen molar-refractivity contribution in [1.82, 2.24) is 4.98 Å². The fourth-order valence-electron chi connectivity index (χ4n) is 2.39. The second kappa shape index (κ2) is 7.29. The molecular formula is C14H22Cl2N4O. The van der Waals surface area contributed by atoms with Crippen molar-refractivity contribution in [3.63, 3.8) is 0 Å². The monoisotopic (exact) mass is 332 g/mol. The molecule has 0 radical (unpaired) electrons. The van der Waals surface area contributed by atoms with E-state index in [0.717, 1.165) is 37.4 Å². The van der Waals surface area contributed by atoms with Gasteiger partial charge in [-0.25, -0.2) is 4.98 Å². The average Bonchev–Trinajstić information content (AvgIpc) is 3.20. The number of nitrogens with zero attached hydrogens (tertiary/aromatic N) is 2. The Morgan fingerprint density at radius 2 is 1.86 bits per heavy atom. The predicted octanol–water partition coefficient (Wildman–Crippen LogP) is 2.35. The molecule has 2 fully saturated rings. The first-order valence-corrected chi connectivity index (χ1v) is 6.99. The van der Waals surface area contributed by atoms with Crippen LogP contribution < -0.4 is 16.0 Å². The average molecular weight is 333 g/mol. The summed E-state index contributed by atoms with van der Waals surface area (Å²) in [5.41, 5.74) is 5.94. The zero-order valence-electron chi connectivity index (χ0n) is 11.9. The third kappa shape index (κ3) is 4.22. The number of nitrogens with one attached hydrogen (secondary N) is 1. The predicted molar refractivity (Wildman–Crippen MR) is 89.6 cm³/mol. The maximum Gasteiger partial charge on any atom is 0.244 e. The van der Waals surface area contributed by atoms with E-state index >= 15 is 0 Å². The minimum Gasteiger partial charge on any atom is -0.357 e. The van der Waals surface area contributed by atoms with Gasteiger partial charge in [0.15, 0.2) is 0 Å². The van der Waals surface area contributed by atoms with Crippen LogP contribution in [0.2, 0.25) is 0 Å². The first-order chi connectivity index (χ1) is 9.17. The fourth-order valence-corrected chi connectivity index (χ4v) is 2.39. The van der Waals surface area contributed by atoms with Gasteiger partial charge in [-0.15, -0.1) is 24.8 Å². The number of anilines is 2. The number of amides is 1. The van der Waals surface area contributed by atoms with E-state index in [0.29, 0.717) is 0 Å². The Bertz CT molecular complexity index is 470. The van der Waals surface area contributed by atoms with Crippen LogP contribution in [-0.4, -0.2) is 29.5 Å². The normalized spacial score (nSPS) is 19.0. The van der Waals surface area contributed by atoms with Gasteiger partial charge in [-0.05, 0) is 44.2 Å². The van der Waals surface area contributed by atoms with Crippen LogP contribution in [0.3, 0.4) is 0 Å². The summed E-state index contributed by atoms with van der Waals surface area (Å²) >= 11 is 0. The van der Waals surface area contributed by atoms with Crippen molar-refractivity contribution in [3.8, 4) is 0 Å². The summed E-state index contributed by atoms with van der Waals surface area (Å²) < 4.78 is 0. The third-order valence-corrected chi connectivity index (χ3v) is 3.93. The quantitative estimate of drug-likeness (QED) is 0.891. The molecule has 118 valence electrons. The molecule has 7 heteroatoms. The van der Waals surface area contributed by atoms with E-state index in [2.05, 4.69) is 15.2 Å². The van der Waals surface area contributed by atoms with E-state index in [1.165, 1.54) is 19.3 Å². The number of nitrogens with two attached hydrogens (primary N) is 1. The molecule has 2 heterocycles. The summed E-state index contributed by atoms with van der Waals surface area (Å²) in [5, 5.41) is 2.83. The Labute approximate surface area is 137 Å². The van der Waals surface area contributed by atoms with E-state index < -0.39 is 5.54 Å². The van der Waals surface area contributed by atoms with Crippen LogP contribution in [-0.2, 0) is 4.79 Å². The highest BCUT2D eigenvalue weighted by Crippen LogP contribution is 2.33. The molecule has 21 heavy (non-hydrogen) atoms. The Kier molecular flexibility index (Phi) is 6.25. The molecule has 1 amide bonds. The first-order valence-electron chi connectivity index (χ1n) is 6.99. The van der Waals surface area contributed by atoms with Gasteiger partial charge in [0.05, 0.1) is 17.4 Å². The van der Waals surface area contributed by atoms with Crippen LogP contribution in [0.4, 0.5) is 11.5 Å². The second-order valence-electron chi connectivity index (χ2n) is 5.56. The molecule has 1 aliphatic carbocycles. The Balaban J connectivity index is 0.00000110. The molecule has 1 aromatic heterocycles. The number of pyridine rings is 1. The van der Waals surface area contributed by atoms with Gasteiger partial charge < -0.3 is 16.0 Å². The summed E-state index contributed by atoms with van der Waals surface area (Å²) in [5.74, 6) is 0.895. The van der Waals surface area contributed by atoms with E-state index in [9.17, 15) is 4.79 Å². The van der Waals surface area contributed by atoms with Crippen molar-refractivity contribution in [2.75, 3.05) is 23.3 Å². The van der Waals surface area contributed by atoms with Crippen molar-refractivity contribution in [2.45, 2.75) is 37.6 Å². The highest BCUT2D eigenvalue weighted by molar-refractivity contribution is 5.99. The third-order valence-electron chi connectivity index (χ3n) is 3.93. The molecule has 0 unspecified atom stereocenters. The number of halogens is 2. The molecule has 0 spiro atoms. The van der Waals surface area contributed by atoms with Gasteiger partial charge in [0.1, 0.15) is 5.82 Å². The highest BCUT2D eigenvalue weighted by Gasteiger charge is 2.45. The lowest BCUT2D eigenvalue weighted by atomic mass is 10.1. The molecule has 5 nitrogen and oxygen atoms in total. The van der Waals surface area contributed by atoms with E-state index in [4.69, 9.17) is 5.73 Å². The molecule has 1 saturated carbocycles. The van der Waals surface area contributed by atoms with Gasteiger partial charge in [0.2, 0.25) is 5.91 Å². The molecule has 1 saturated heterocycles. The number of hydrogen-bond acceptors (Lipinski definition) is 4. The number of carbonyl (C=O) groups excluding carboxylic acids is 1. The summed E-state index contributed by atoms with van der Waals surface area (Å²) in [4.78, 5) is 18.5. The number of rotatable bonds is 3. The van der Waals surface area contributed by atoms with Gasteiger partial charge >= 0.3 is 0 Å². The zero-order chi connectivity index (χ0) is 13.3. The lowest BCUT2D eigenvalue weighted by Gasteiger charge is -2.27. The summed E-state index contributed by atoms with van der Waals surface area (Å²) in [6, 6.07) is 3.87. The minimum atomic E-state index is -0.633. The first kappa shape index (κ1) is 18.0. The van der Waals surface area contributed by atoms with Crippen molar-refractivity contribution < 1.29 is 4.79 Å². The molecule has 3 rings (SSSR count). The molecule has 0 aromatic carbocycles. The molecule has 0 bridgehead atoms. The molecular weight excluding hydrogens is 311 g/mol. The van der Waals surface area contributed by atoms with Crippen LogP contribution in [0.5, 0.6) is 0 Å². The van der Waals surface area contributed by atoms with Crippen molar-refractivity contribution >= 4 is 42.2 Å². The van der Waals surface area contributed by atoms with Gasteiger partial charge in [-0.2, -0.15) is 0 Å². The number of hydrogen-bond donors (Lipinski definition) is 2. The van der Waals surface area contributed by atoms with E-state index in [-0.39, 0.29) is 30.7 Å². The van der Waals surface area contributed by atoms with Crippen LogP contribution in [0.25, 0.3) is 0 Å². The number of aromatic nitrogens is 1. The SMILES string of the molecule is Cl.Cl.NC1(C(=O)Nc2ccc(N3CCCCC3)nc2)CC1. The van der Waals surface area contributed by atoms with Crippen LogP contribution in [0.1, 0.15) is 32.1 Å². The van der Waals surface area contributed by atoms with Crippen molar-refractivity contribution in [2.24, 2.45) is 5.73 Å². The minimum absolute atomic E-state index is 0. The van der Waals surface area contributed by atoms with Crippen molar-refractivity contribution in [1.29, 1.82) is 0 Å². The van der Waals surface area contributed by atoms with Crippen LogP contribution in [0, 0.1) is 0 Å². The number of piperidine rings is 1. The fraction of sp³-hybridized carbons (Fsp3) is 0.571. The number of carbonyl (C=O) groups is 1. The Hall–Kier alpha value is -1.04. The van der Waals surface area contributed by atoms with Gasteiger partial charge in [0.25, 0.3) is 0 Å². The van der Waals surface area contributed by atoms with Crippen LogP contribution in [0.15, 0.2) is 18.3 Å². The van der Waals surface area contributed by atoms with Gasteiger partial charge in [-0.3, -0.25) is 4.79 Å². The molecule has 1 aromatic rings. The maximum atomic E-state index is 11.8. The molecule has 3 N–H and O–H groups in total. The topological polar surface area (TPSA) is 71.2 Å². The lowest BCUT2D eigenvalue weighted by Crippen LogP contribution is -2.37. The van der Waals surface area contributed by atoms with E-state index in [1.807, 2.05) is 12.1 Å². The summed E-state index contributed by atoms with van der Waals surface area (Å²) in [6.45, 7) is 2.15. The molecule has 2 aliphatic rings. The summed E-state index contributed by atoms with van der Waals surface area (Å²) in [6.07, 6.45) is 7.04. The molecule has 0 atom stereocenters. The highest BCUT2D eigenvalue weighted by atomic mass is 35.5. The maximum absolute atomic E-state index is 11.8. The Morgan fingerprint density at radius 3 is 2.38 bits per heavy atom. The zero-order valence-corrected chi connectivity index (χ0v) is 13.5. The van der Waals surface area contributed by atoms with E-state index in [1.54, 1.807) is 6.20 Å². The second-order valence-corrected chi connectivity index (χ2v) is 5.56. The van der Waals surface area contributed by atoms with Crippen molar-refractivity contribution in [3.05, 3.63) is 18.3 Å². The van der Waals surface area contributed by atoms with Gasteiger partial charge in [0, 0.05) is 13.1 Å². The molecule has 1 aliphatic heterocycles. The van der Waals surface area contributed by atoms with Gasteiger partial charge in [-0.1, -0.05) is 0 Å². The lowest BCUT2D eigenvalue weighted by molar-refractivity contribution is -0.118. The van der Waals surface area contributed by atoms with Crippen LogP contribution >= 0.6 is 24.8 Å². The smallest absolute Gasteiger partial charge is 0.244 e. The largest absolute Gasteiger partial charge is 0.357 e. The summed E-state index contributed by atoms with van der Waals surface area (Å²) in [7, 11) is 0. The standard InChI is InChI=1S/C14H20N4O.2ClH/c15-14(6-7-14)13(19)17-11-4-5-12(16-10-11)18-8-2-1-3-9-18;;/h4-5,10H,1-3,6-9,15H2,(H,17,19);2*1H. The Morgan fingerprint density at radius 1 is 1.19 bits per heavy atom.